The van der Waals surface area contributed by atoms with Crippen LogP contribution in [0.1, 0.15) is 21.9 Å². The first-order valence-electron chi connectivity index (χ1n) is 5.96. The summed E-state index contributed by atoms with van der Waals surface area (Å²) in [7, 11) is 0. The van der Waals surface area contributed by atoms with E-state index in [-0.39, 0.29) is 5.91 Å². The second kappa shape index (κ2) is 6.04. The van der Waals surface area contributed by atoms with Crippen LogP contribution in [0.3, 0.4) is 0 Å². The molecule has 1 aromatic carbocycles. The molecule has 0 bridgehead atoms. The maximum absolute atomic E-state index is 12.0. The minimum Gasteiger partial charge on any atom is -0.456 e. The second-order valence-electron chi connectivity index (χ2n) is 4.22. The number of amides is 1. The molecule has 19 heavy (non-hydrogen) atoms. The van der Waals surface area contributed by atoms with Crippen molar-refractivity contribution in [1.29, 1.82) is 0 Å². The van der Waals surface area contributed by atoms with Gasteiger partial charge in [0, 0.05) is 16.6 Å². The third kappa shape index (κ3) is 3.45. The SMILES string of the molecule is Cc1cc(Br)ccc1NC(=O)c1ccc(CCN)o1. The van der Waals surface area contributed by atoms with Crippen molar-refractivity contribution in [3.05, 3.63) is 51.9 Å². The predicted octanol–water partition coefficient (Wildman–Crippen LogP) is 3.10. The van der Waals surface area contributed by atoms with Gasteiger partial charge in [-0.1, -0.05) is 15.9 Å². The van der Waals surface area contributed by atoms with Gasteiger partial charge in [-0.2, -0.15) is 0 Å². The van der Waals surface area contributed by atoms with E-state index in [1.807, 2.05) is 25.1 Å². The van der Waals surface area contributed by atoms with E-state index < -0.39 is 0 Å². The zero-order valence-corrected chi connectivity index (χ0v) is 12.2. The Morgan fingerprint density at radius 1 is 1.37 bits per heavy atom. The fraction of sp³-hybridized carbons (Fsp3) is 0.214. The largest absolute Gasteiger partial charge is 0.456 e. The molecule has 100 valence electrons. The van der Waals surface area contributed by atoms with Gasteiger partial charge < -0.3 is 15.5 Å². The number of carbonyl (C=O) groups is 1. The molecular weight excluding hydrogens is 308 g/mol. The smallest absolute Gasteiger partial charge is 0.291 e. The maximum atomic E-state index is 12.0. The molecule has 0 aliphatic heterocycles. The summed E-state index contributed by atoms with van der Waals surface area (Å²) in [4.78, 5) is 12.0. The van der Waals surface area contributed by atoms with Gasteiger partial charge in [-0.3, -0.25) is 4.79 Å². The van der Waals surface area contributed by atoms with Crippen molar-refractivity contribution in [2.45, 2.75) is 13.3 Å². The summed E-state index contributed by atoms with van der Waals surface area (Å²) in [5, 5.41) is 2.82. The first-order valence-corrected chi connectivity index (χ1v) is 6.75. The Hall–Kier alpha value is -1.59. The Kier molecular flexibility index (Phi) is 4.39. The molecule has 2 rings (SSSR count). The standard InChI is InChI=1S/C14H15BrN2O2/c1-9-8-10(15)2-4-12(9)17-14(18)13-5-3-11(19-13)6-7-16/h2-5,8H,6-7,16H2,1H3,(H,17,18). The molecule has 0 saturated carbocycles. The second-order valence-corrected chi connectivity index (χ2v) is 5.13. The van der Waals surface area contributed by atoms with Gasteiger partial charge in [0.05, 0.1) is 0 Å². The number of aryl methyl sites for hydroxylation is 1. The van der Waals surface area contributed by atoms with Crippen LogP contribution in [0.15, 0.2) is 39.2 Å². The molecule has 0 radical (unpaired) electrons. The number of rotatable bonds is 4. The van der Waals surface area contributed by atoms with Crippen LogP contribution >= 0.6 is 15.9 Å². The first kappa shape index (κ1) is 13.8. The lowest BCUT2D eigenvalue weighted by Gasteiger charge is -2.07. The number of hydrogen-bond acceptors (Lipinski definition) is 3. The molecule has 0 atom stereocenters. The average Bonchev–Trinajstić information content (AvgIpc) is 2.82. The lowest BCUT2D eigenvalue weighted by atomic mass is 10.2. The first-order chi connectivity index (χ1) is 9.10. The molecule has 0 fully saturated rings. The summed E-state index contributed by atoms with van der Waals surface area (Å²) in [6.45, 7) is 2.43. The van der Waals surface area contributed by atoms with Gasteiger partial charge in [0.25, 0.3) is 5.91 Å². The van der Waals surface area contributed by atoms with E-state index in [0.717, 1.165) is 21.5 Å². The fourth-order valence-corrected chi connectivity index (χ4v) is 2.20. The number of carbonyl (C=O) groups excluding carboxylic acids is 1. The molecule has 5 heteroatoms. The van der Waals surface area contributed by atoms with Crippen molar-refractivity contribution in [1.82, 2.24) is 0 Å². The van der Waals surface area contributed by atoms with Gasteiger partial charge >= 0.3 is 0 Å². The van der Waals surface area contributed by atoms with Crippen LogP contribution in [0.2, 0.25) is 0 Å². The highest BCUT2D eigenvalue weighted by Crippen LogP contribution is 2.21. The lowest BCUT2D eigenvalue weighted by molar-refractivity contribution is 0.0995. The highest BCUT2D eigenvalue weighted by Gasteiger charge is 2.12. The van der Waals surface area contributed by atoms with E-state index in [1.54, 1.807) is 12.1 Å². The van der Waals surface area contributed by atoms with Gasteiger partial charge in [-0.25, -0.2) is 0 Å². The summed E-state index contributed by atoms with van der Waals surface area (Å²) >= 11 is 3.38. The fourth-order valence-electron chi connectivity index (χ4n) is 1.73. The predicted molar refractivity (Wildman–Crippen MR) is 78.3 cm³/mol. The third-order valence-corrected chi connectivity index (χ3v) is 3.21. The lowest BCUT2D eigenvalue weighted by Crippen LogP contribution is -2.11. The van der Waals surface area contributed by atoms with Crippen LogP contribution in [0.4, 0.5) is 5.69 Å². The zero-order chi connectivity index (χ0) is 13.8. The summed E-state index contributed by atoms with van der Waals surface area (Å²) in [5.41, 5.74) is 7.19. The highest BCUT2D eigenvalue weighted by atomic mass is 79.9. The van der Waals surface area contributed by atoms with E-state index >= 15 is 0 Å². The molecule has 4 nitrogen and oxygen atoms in total. The number of furan rings is 1. The Morgan fingerprint density at radius 2 is 2.16 bits per heavy atom. The quantitative estimate of drug-likeness (QED) is 0.908. The molecular formula is C14H15BrN2O2. The summed E-state index contributed by atoms with van der Waals surface area (Å²) in [6, 6.07) is 9.11. The molecule has 0 saturated heterocycles. The number of benzene rings is 1. The Balaban J connectivity index is 2.11. The molecule has 0 aliphatic carbocycles. The molecule has 0 aliphatic rings. The van der Waals surface area contributed by atoms with Gasteiger partial charge in [-0.15, -0.1) is 0 Å². The third-order valence-electron chi connectivity index (χ3n) is 2.71. The molecule has 0 spiro atoms. The number of anilines is 1. The van der Waals surface area contributed by atoms with E-state index in [1.165, 1.54) is 0 Å². The van der Waals surface area contributed by atoms with Crippen LogP contribution in [0, 0.1) is 6.92 Å². The molecule has 0 unspecified atom stereocenters. The van der Waals surface area contributed by atoms with Crippen molar-refractivity contribution in [2.75, 3.05) is 11.9 Å². The van der Waals surface area contributed by atoms with Crippen LogP contribution in [-0.2, 0) is 6.42 Å². The van der Waals surface area contributed by atoms with E-state index in [2.05, 4.69) is 21.2 Å². The highest BCUT2D eigenvalue weighted by molar-refractivity contribution is 9.10. The van der Waals surface area contributed by atoms with E-state index in [9.17, 15) is 4.79 Å². The van der Waals surface area contributed by atoms with Crippen molar-refractivity contribution >= 4 is 27.5 Å². The summed E-state index contributed by atoms with van der Waals surface area (Å²) < 4.78 is 6.40. The molecule has 2 aromatic rings. The van der Waals surface area contributed by atoms with E-state index in [4.69, 9.17) is 10.2 Å². The summed E-state index contributed by atoms with van der Waals surface area (Å²) in [6.07, 6.45) is 0.630. The monoisotopic (exact) mass is 322 g/mol. The van der Waals surface area contributed by atoms with Crippen LogP contribution < -0.4 is 11.1 Å². The molecule has 3 N–H and O–H groups in total. The van der Waals surface area contributed by atoms with Crippen molar-refractivity contribution in [2.24, 2.45) is 5.73 Å². The summed E-state index contributed by atoms with van der Waals surface area (Å²) in [5.74, 6) is 0.764. The molecule has 1 aromatic heterocycles. The minimum atomic E-state index is -0.256. The van der Waals surface area contributed by atoms with Gasteiger partial charge in [0.2, 0.25) is 0 Å². The topological polar surface area (TPSA) is 68.3 Å². The number of hydrogen-bond donors (Lipinski definition) is 2. The van der Waals surface area contributed by atoms with E-state index in [0.29, 0.717) is 18.7 Å². The Morgan fingerprint density at radius 3 is 2.84 bits per heavy atom. The van der Waals surface area contributed by atoms with Crippen molar-refractivity contribution in [3.63, 3.8) is 0 Å². The number of halogens is 1. The van der Waals surface area contributed by atoms with Crippen LogP contribution in [0.5, 0.6) is 0 Å². The Labute approximate surface area is 120 Å². The minimum absolute atomic E-state index is 0.256. The van der Waals surface area contributed by atoms with Crippen LogP contribution in [-0.4, -0.2) is 12.5 Å². The van der Waals surface area contributed by atoms with Crippen LogP contribution in [0.25, 0.3) is 0 Å². The zero-order valence-electron chi connectivity index (χ0n) is 10.6. The van der Waals surface area contributed by atoms with Gasteiger partial charge in [-0.05, 0) is 49.4 Å². The van der Waals surface area contributed by atoms with Crippen molar-refractivity contribution in [3.8, 4) is 0 Å². The maximum Gasteiger partial charge on any atom is 0.291 e. The average molecular weight is 323 g/mol. The normalized spacial score (nSPS) is 10.5. The van der Waals surface area contributed by atoms with Gasteiger partial charge in [0.15, 0.2) is 5.76 Å². The molecule has 1 amide bonds. The van der Waals surface area contributed by atoms with Gasteiger partial charge in [0.1, 0.15) is 5.76 Å². The Bertz CT molecular complexity index is 593. The van der Waals surface area contributed by atoms with Crippen molar-refractivity contribution < 1.29 is 9.21 Å². The number of nitrogens with two attached hydrogens (primary N) is 1. The number of nitrogens with one attached hydrogen (secondary N) is 1. The molecule has 1 heterocycles.